The molecular formula is C24H35ClFNO3. The van der Waals surface area contributed by atoms with E-state index >= 15 is 0 Å². The molecule has 4 nitrogen and oxygen atoms in total. The first-order chi connectivity index (χ1) is 14.5. The predicted molar refractivity (Wildman–Crippen MR) is 118 cm³/mol. The Labute approximate surface area is 185 Å². The summed E-state index contributed by atoms with van der Waals surface area (Å²) in [6.45, 7) is 3.54. The Balaban J connectivity index is 1.59. The number of rotatable bonds is 12. The summed E-state index contributed by atoms with van der Waals surface area (Å²) in [6, 6.07) is 4.42. The minimum absolute atomic E-state index is 0.0195. The highest BCUT2D eigenvalue weighted by molar-refractivity contribution is 6.31. The van der Waals surface area contributed by atoms with E-state index in [1.807, 2.05) is 0 Å². The van der Waals surface area contributed by atoms with Crippen molar-refractivity contribution in [1.29, 1.82) is 0 Å². The van der Waals surface area contributed by atoms with Crippen LogP contribution in [0.4, 0.5) is 4.39 Å². The standard InChI is InChI=1S/C24H35ClFNO3/c1-2-3-4-5-6-7-8-9-10-18-30-24(29)19-14-16-27(17-15-19)23(28)20-12-11-13-21(25)22(20)26/h11-13,19H,2-10,14-18H2,1H3. The molecule has 0 spiro atoms. The van der Waals surface area contributed by atoms with Crippen LogP contribution in [0.3, 0.4) is 0 Å². The van der Waals surface area contributed by atoms with Gasteiger partial charge >= 0.3 is 5.97 Å². The number of esters is 1. The van der Waals surface area contributed by atoms with Gasteiger partial charge in [-0.3, -0.25) is 9.59 Å². The molecule has 168 valence electrons. The van der Waals surface area contributed by atoms with Crippen molar-refractivity contribution in [1.82, 2.24) is 4.90 Å². The number of carbonyl (C=O) groups excluding carboxylic acids is 2. The van der Waals surface area contributed by atoms with Crippen LogP contribution in [0.1, 0.15) is 87.9 Å². The lowest BCUT2D eigenvalue weighted by atomic mass is 9.96. The summed E-state index contributed by atoms with van der Waals surface area (Å²) in [6.07, 6.45) is 12.1. The van der Waals surface area contributed by atoms with Gasteiger partial charge in [0.05, 0.1) is 23.1 Å². The zero-order chi connectivity index (χ0) is 21.8. The molecule has 1 aromatic rings. The van der Waals surface area contributed by atoms with Crippen molar-refractivity contribution >= 4 is 23.5 Å². The molecule has 2 rings (SSSR count). The number of ether oxygens (including phenoxy) is 1. The van der Waals surface area contributed by atoms with Crippen LogP contribution in [0, 0.1) is 11.7 Å². The van der Waals surface area contributed by atoms with E-state index in [-0.39, 0.29) is 28.4 Å². The molecule has 1 aromatic carbocycles. The molecule has 30 heavy (non-hydrogen) atoms. The van der Waals surface area contributed by atoms with Gasteiger partial charge in [-0.1, -0.05) is 76.0 Å². The van der Waals surface area contributed by atoms with Crippen LogP contribution >= 0.6 is 11.6 Å². The minimum atomic E-state index is -0.688. The first kappa shape index (κ1) is 24.6. The van der Waals surface area contributed by atoms with Gasteiger partial charge in [0.15, 0.2) is 5.82 Å². The number of hydrogen-bond acceptors (Lipinski definition) is 3. The van der Waals surface area contributed by atoms with Gasteiger partial charge in [0.25, 0.3) is 5.91 Å². The Hall–Kier alpha value is -1.62. The summed E-state index contributed by atoms with van der Waals surface area (Å²) in [5.74, 6) is -1.42. The number of unbranched alkanes of at least 4 members (excludes halogenated alkanes) is 8. The third-order valence-corrected chi connectivity index (χ3v) is 6.08. The maximum Gasteiger partial charge on any atom is 0.309 e. The molecule has 0 saturated carbocycles. The van der Waals surface area contributed by atoms with Crippen molar-refractivity contribution in [3.8, 4) is 0 Å². The van der Waals surface area contributed by atoms with E-state index in [0.29, 0.717) is 32.5 Å². The quantitative estimate of drug-likeness (QED) is 0.279. The lowest BCUT2D eigenvalue weighted by molar-refractivity contribution is -0.150. The molecule has 1 fully saturated rings. The van der Waals surface area contributed by atoms with Crippen LogP contribution in [0.5, 0.6) is 0 Å². The van der Waals surface area contributed by atoms with E-state index < -0.39 is 5.82 Å². The third-order valence-electron chi connectivity index (χ3n) is 5.79. The van der Waals surface area contributed by atoms with Crippen molar-refractivity contribution in [3.05, 3.63) is 34.6 Å². The highest BCUT2D eigenvalue weighted by atomic mass is 35.5. The molecule has 0 N–H and O–H groups in total. The highest BCUT2D eigenvalue weighted by Gasteiger charge is 2.30. The maximum atomic E-state index is 14.1. The van der Waals surface area contributed by atoms with Crippen LogP contribution < -0.4 is 0 Å². The number of benzene rings is 1. The number of likely N-dealkylation sites (tertiary alicyclic amines) is 1. The van der Waals surface area contributed by atoms with Gasteiger partial charge in [0.2, 0.25) is 0 Å². The molecule has 0 aromatic heterocycles. The molecule has 1 aliphatic rings. The van der Waals surface area contributed by atoms with E-state index in [9.17, 15) is 14.0 Å². The molecular weight excluding hydrogens is 405 g/mol. The van der Waals surface area contributed by atoms with Crippen LogP contribution in [-0.4, -0.2) is 36.5 Å². The molecule has 0 atom stereocenters. The van der Waals surface area contributed by atoms with E-state index in [2.05, 4.69) is 6.92 Å². The van der Waals surface area contributed by atoms with E-state index in [0.717, 1.165) is 12.8 Å². The molecule has 0 unspecified atom stereocenters. The maximum absolute atomic E-state index is 14.1. The number of halogens is 2. The molecule has 1 aliphatic heterocycles. The number of nitrogens with zero attached hydrogens (tertiary/aromatic N) is 1. The lowest BCUT2D eigenvalue weighted by Crippen LogP contribution is -2.41. The molecule has 0 aliphatic carbocycles. The summed E-state index contributed by atoms with van der Waals surface area (Å²) in [5, 5.41) is -0.0594. The van der Waals surface area contributed by atoms with Crippen molar-refractivity contribution in [2.24, 2.45) is 5.92 Å². The van der Waals surface area contributed by atoms with Crippen molar-refractivity contribution < 1.29 is 18.7 Å². The van der Waals surface area contributed by atoms with Gasteiger partial charge in [0.1, 0.15) is 0 Å². The third kappa shape index (κ3) is 7.90. The summed E-state index contributed by atoms with van der Waals surface area (Å²) < 4.78 is 19.5. The monoisotopic (exact) mass is 439 g/mol. The molecule has 0 bridgehead atoms. The predicted octanol–water partition coefficient (Wildman–Crippen LogP) is 6.41. The second kappa shape index (κ2) is 13.6. The number of piperidine rings is 1. The van der Waals surface area contributed by atoms with Crippen LogP contribution in [0.15, 0.2) is 18.2 Å². The van der Waals surface area contributed by atoms with E-state index in [4.69, 9.17) is 16.3 Å². The number of hydrogen-bond donors (Lipinski definition) is 0. The van der Waals surface area contributed by atoms with Crippen molar-refractivity contribution in [2.75, 3.05) is 19.7 Å². The van der Waals surface area contributed by atoms with Crippen LogP contribution in [-0.2, 0) is 9.53 Å². The lowest BCUT2D eigenvalue weighted by Gasteiger charge is -2.31. The SMILES string of the molecule is CCCCCCCCCCCOC(=O)C1CCN(C(=O)c2cccc(Cl)c2F)CC1. The van der Waals surface area contributed by atoms with Crippen molar-refractivity contribution in [3.63, 3.8) is 0 Å². The fraction of sp³-hybridized carbons (Fsp3) is 0.667. The van der Waals surface area contributed by atoms with Crippen LogP contribution in [0.2, 0.25) is 5.02 Å². The van der Waals surface area contributed by atoms with E-state index in [1.54, 1.807) is 11.0 Å². The van der Waals surface area contributed by atoms with Gasteiger partial charge in [-0.25, -0.2) is 4.39 Å². The normalized spacial score (nSPS) is 14.7. The Morgan fingerprint density at radius 1 is 1.03 bits per heavy atom. The molecule has 1 heterocycles. The van der Waals surface area contributed by atoms with Crippen LogP contribution in [0.25, 0.3) is 0 Å². The van der Waals surface area contributed by atoms with Crippen molar-refractivity contribution in [2.45, 2.75) is 77.6 Å². The largest absolute Gasteiger partial charge is 0.465 e. The Morgan fingerprint density at radius 3 is 2.27 bits per heavy atom. The van der Waals surface area contributed by atoms with Gasteiger partial charge in [-0.15, -0.1) is 0 Å². The molecule has 1 amide bonds. The van der Waals surface area contributed by atoms with Gasteiger partial charge in [-0.2, -0.15) is 0 Å². The molecule has 0 radical (unpaired) electrons. The summed E-state index contributed by atoms with van der Waals surface area (Å²) in [7, 11) is 0. The number of amides is 1. The van der Waals surface area contributed by atoms with Gasteiger partial charge in [-0.05, 0) is 31.4 Å². The number of carbonyl (C=O) groups is 2. The first-order valence-electron chi connectivity index (χ1n) is 11.4. The smallest absolute Gasteiger partial charge is 0.309 e. The molecule has 6 heteroatoms. The second-order valence-electron chi connectivity index (χ2n) is 8.16. The fourth-order valence-corrected chi connectivity index (χ4v) is 4.04. The molecule has 1 saturated heterocycles. The Bertz CT molecular complexity index is 674. The zero-order valence-corrected chi connectivity index (χ0v) is 18.9. The minimum Gasteiger partial charge on any atom is -0.465 e. The van der Waals surface area contributed by atoms with Gasteiger partial charge < -0.3 is 9.64 Å². The average Bonchev–Trinajstić information content (AvgIpc) is 2.76. The summed E-state index contributed by atoms with van der Waals surface area (Å²) >= 11 is 5.77. The average molecular weight is 440 g/mol. The summed E-state index contributed by atoms with van der Waals surface area (Å²) in [4.78, 5) is 26.4. The second-order valence-corrected chi connectivity index (χ2v) is 8.57. The van der Waals surface area contributed by atoms with E-state index in [1.165, 1.54) is 57.1 Å². The first-order valence-corrected chi connectivity index (χ1v) is 11.8. The summed E-state index contributed by atoms with van der Waals surface area (Å²) in [5.41, 5.74) is -0.0195. The van der Waals surface area contributed by atoms with Gasteiger partial charge in [0, 0.05) is 13.1 Å². The fourth-order valence-electron chi connectivity index (χ4n) is 3.86. The Kier molecular flexibility index (Phi) is 11.2. The Morgan fingerprint density at radius 2 is 1.63 bits per heavy atom. The zero-order valence-electron chi connectivity index (χ0n) is 18.1. The topological polar surface area (TPSA) is 46.6 Å². The highest BCUT2D eigenvalue weighted by Crippen LogP contribution is 2.24.